The molecule has 3 heteroatoms. The number of aliphatic hydroxyl groups is 1. The van der Waals surface area contributed by atoms with Gasteiger partial charge in [-0.15, -0.1) is 0 Å². The van der Waals surface area contributed by atoms with Crippen LogP contribution in [0.4, 0.5) is 0 Å². The predicted molar refractivity (Wildman–Crippen MR) is 70.4 cm³/mol. The summed E-state index contributed by atoms with van der Waals surface area (Å²) in [6.07, 6.45) is 12.5. The van der Waals surface area contributed by atoms with Crippen LogP contribution in [0.15, 0.2) is 23.8 Å². The van der Waals surface area contributed by atoms with Crippen LogP contribution in [0.3, 0.4) is 0 Å². The highest BCUT2D eigenvalue weighted by molar-refractivity contribution is 5.30. The van der Waals surface area contributed by atoms with Crippen LogP contribution in [-0.4, -0.2) is 22.9 Å². The lowest BCUT2D eigenvalue weighted by molar-refractivity contribution is 0.147. The second-order valence-corrected chi connectivity index (χ2v) is 5.65. The molecular weight excluding hydrogens is 212 g/mol. The van der Waals surface area contributed by atoms with Crippen LogP contribution < -0.4 is 11.1 Å². The van der Waals surface area contributed by atoms with Gasteiger partial charge in [0.15, 0.2) is 0 Å². The Balaban J connectivity index is 1.86. The Labute approximate surface area is 104 Å². The van der Waals surface area contributed by atoms with E-state index >= 15 is 0 Å². The molecule has 0 bridgehead atoms. The zero-order valence-electron chi connectivity index (χ0n) is 10.7. The maximum Gasteiger partial charge on any atom is 0.130 e. The van der Waals surface area contributed by atoms with E-state index in [0.717, 1.165) is 12.0 Å². The van der Waals surface area contributed by atoms with Crippen LogP contribution in [0.2, 0.25) is 0 Å². The van der Waals surface area contributed by atoms with Crippen LogP contribution >= 0.6 is 0 Å². The summed E-state index contributed by atoms with van der Waals surface area (Å²) in [5, 5.41) is 13.4. The van der Waals surface area contributed by atoms with E-state index in [1.807, 2.05) is 25.2 Å². The molecule has 0 aromatic carbocycles. The van der Waals surface area contributed by atoms with Crippen molar-refractivity contribution in [3.8, 4) is 0 Å². The monoisotopic (exact) mass is 236 g/mol. The van der Waals surface area contributed by atoms with Crippen molar-refractivity contribution in [1.29, 1.82) is 0 Å². The second-order valence-electron chi connectivity index (χ2n) is 5.65. The molecule has 0 heterocycles. The number of nitrogens with one attached hydrogen (secondary N) is 1. The maximum absolute atomic E-state index is 10.1. The summed E-state index contributed by atoms with van der Waals surface area (Å²) in [5.41, 5.74) is 6.69. The highest BCUT2D eigenvalue weighted by Crippen LogP contribution is 2.22. The summed E-state index contributed by atoms with van der Waals surface area (Å²) < 4.78 is 0. The minimum Gasteiger partial charge on any atom is -0.374 e. The summed E-state index contributed by atoms with van der Waals surface area (Å²) in [5.74, 6) is 0. The van der Waals surface area contributed by atoms with Crippen LogP contribution in [0.1, 0.15) is 45.4 Å². The van der Waals surface area contributed by atoms with Gasteiger partial charge in [0, 0.05) is 11.6 Å². The third-order valence-electron chi connectivity index (χ3n) is 3.75. The Kier molecular flexibility index (Phi) is 4.02. The molecule has 2 rings (SSSR count). The lowest BCUT2D eigenvalue weighted by atomic mass is 9.90. The van der Waals surface area contributed by atoms with E-state index in [-0.39, 0.29) is 5.54 Å². The van der Waals surface area contributed by atoms with Gasteiger partial charge in [-0.25, -0.2) is 0 Å². The molecule has 96 valence electrons. The summed E-state index contributed by atoms with van der Waals surface area (Å²) >= 11 is 0. The van der Waals surface area contributed by atoms with E-state index in [1.54, 1.807) is 0 Å². The van der Waals surface area contributed by atoms with Gasteiger partial charge in [-0.1, -0.05) is 37.5 Å². The fourth-order valence-electron chi connectivity index (χ4n) is 2.55. The molecule has 0 radical (unpaired) electrons. The molecule has 0 spiro atoms. The lowest BCUT2D eigenvalue weighted by Crippen LogP contribution is -2.41. The fourth-order valence-corrected chi connectivity index (χ4v) is 2.55. The summed E-state index contributed by atoms with van der Waals surface area (Å²) in [7, 11) is 0. The zero-order valence-corrected chi connectivity index (χ0v) is 10.7. The van der Waals surface area contributed by atoms with Gasteiger partial charge in [-0.2, -0.15) is 0 Å². The first kappa shape index (κ1) is 12.8. The zero-order chi connectivity index (χ0) is 12.3. The Morgan fingerprint density at radius 1 is 1.41 bits per heavy atom. The molecule has 2 unspecified atom stereocenters. The summed E-state index contributed by atoms with van der Waals surface area (Å²) in [6.45, 7) is 2.00. The van der Waals surface area contributed by atoms with Crippen molar-refractivity contribution in [2.45, 2.75) is 63.3 Å². The molecule has 3 nitrogen and oxygen atoms in total. The molecule has 0 saturated heterocycles. The van der Waals surface area contributed by atoms with Crippen molar-refractivity contribution in [1.82, 2.24) is 5.32 Å². The van der Waals surface area contributed by atoms with Crippen molar-refractivity contribution in [2.75, 3.05) is 0 Å². The first-order valence-electron chi connectivity index (χ1n) is 6.69. The molecular formula is C14H24N2O. The molecule has 2 aliphatic carbocycles. The Morgan fingerprint density at radius 3 is 2.71 bits per heavy atom. The Hall–Kier alpha value is -0.640. The van der Waals surface area contributed by atoms with Crippen molar-refractivity contribution < 1.29 is 5.11 Å². The Morgan fingerprint density at radius 2 is 2.12 bits per heavy atom. The number of hydrogen-bond acceptors (Lipinski definition) is 3. The quantitative estimate of drug-likeness (QED) is 0.655. The molecule has 1 fully saturated rings. The first-order chi connectivity index (χ1) is 8.07. The van der Waals surface area contributed by atoms with E-state index in [2.05, 4.69) is 5.32 Å². The van der Waals surface area contributed by atoms with Crippen LogP contribution in [0, 0.1) is 0 Å². The molecule has 17 heavy (non-hydrogen) atoms. The molecule has 0 aliphatic heterocycles. The van der Waals surface area contributed by atoms with Gasteiger partial charge in [0.05, 0.1) is 0 Å². The third kappa shape index (κ3) is 3.66. The van der Waals surface area contributed by atoms with E-state index < -0.39 is 6.23 Å². The summed E-state index contributed by atoms with van der Waals surface area (Å²) in [4.78, 5) is 0. The molecule has 2 atom stereocenters. The lowest BCUT2D eigenvalue weighted by Gasteiger charge is -2.29. The van der Waals surface area contributed by atoms with Gasteiger partial charge in [0.2, 0.25) is 0 Å². The minimum absolute atomic E-state index is 0.256. The van der Waals surface area contributed by atoms with Gasteiger partial charge >= 0.3 is 0 Å². The topological polar surface area (TPSA) is 58.3 Å². The predicted octanol–water partition coefficient (Wildman–Crippen LogP) is 1.83. The van der Waals surface area contributed by atoms with Crippen molar-refractivity contribution in [2.24, 2.45) is 5.73 Å². The average molecular weight is 236 g/mol. The number of hydrogen-bond donors (Lipinski definition) is 3. The molecule has 0 aromatic rings. The molecule has 1 saturated carbocycles. The van der Waals surface area contributed by atoms with Crippen molar-refractivity contribution in [3.63, 3.8) is 0 Å². The van der Waals surface area contributed by atoms with Crippen molar-refractivity contribution >= 4 is 0 Å². The molecule has 0 aromatic heterocycles. The second kappa shape index (κ2) is 5.34. The van der Waals surface area contributed by atoms with Gasteiger partial charge in [0.1, 0.15) is 6.23 Å². The van der Waals surface area contributed by atoms with Crippen LogP contribution in [-0.2, 0) is 0 Å². The SMILES string of the molecule is CC1(N)C=CC(C(O)NC2CCCCC2)=CC1. The molecule has 0 amide bonds. The van der Waals surface area contributed by atoms with Gasteiger partial charge in [0.25, 0.3) is 0 Å². The standard InChI is InChI=1S/C14H24N2O/c1-14(15)9-7-11(8-10-14)13(17)16-12-5-3-2-4-6-12/h7-9,12-13,16-17H,2-6,10,15H2,1H3. The normalized spacial score (nSPS) is 32.3. The number of nitrogens with two attached hydrogens (primary N) is 1. The molecule has 4 N–H and O–H groups in total. The van der Waals surface area contributed by atoms with Gasteiger partial charge in [-0.3, -0.25) is 5.32 Å². The minimum atomic E-state index is -0.537. The maximum atomic E-state index is 10.1. The van der Waals surface area contributed by atoms with Crippen LogP contribution in [0.5, 0.6) is 0 Å². The van der Waals surface area contributed by atoms with E-state index in [4.69, 9.17) is 5.73 Å². The van der Waals surface area contributed by atoms with Gasteiger partial charge in [-0.05, 0) is 31.8 Å². The van der Waals surface area contributed by atoms with Crippen LogP contribution in [0.25, 0.3) is 0 Å². The highest BCUT2D eigenvalue weighted by Gasteiger charge is 2.22. The van der Waals surface area contributed by atoms with E-state index in [0.29, 0.717) is 6.04 Å². The highest BCUT2D eigenvalue weighted by atomic mass is 16.3. The van der Waals surface area contributed by atoms with Crippen molar-refractivity contribution in [3.05, 3.63) is 23.8 Å². The number of aliphatic hydroxyl groups excluding tert-OH is 1. The average Bonchev–Trinajstić information content (AvgIpc) is 2.30. The molecule has 2 aliphatic rings. The largest absolute Gasteiger partial charge is 0.374 e. The van der Waals surface area contributed by atoms with Gasteiger partial charge < -0.3 is 10.8 Å². The first-order valence-corrected chi connectivity index (χ1v) is 6.69. The van der Waals surface area contributed by atoms with E-state index in [9.17, 15) is 5.11 Å². The number of rotatable bonds is 3. The third-order valence-corrected chi connectivity index (χ3v) is 3.75. The fraction of sp³-hybridized carbons (Fsp3) is 0.714. The Bertz CT molecular complexity index is 314. The summed E-state index contributed by atoms with van der Waals surface area (Å²) in [6, 6.07) is 0.472. The smallest absolute Gasteiger partial charge is 0.130 e. The van der Waals surface area contributed by atoms with E-state index in [1.165, 1.54) is 32.1 Å².